The molecular formula is C35H63N3O15. The molecule has 18 heteroatoms. The largest absolute Gasteiger partial charge is 0.444 e. The van der Waals surface area contributed by atoms with Crippen LogP contribution in [0.1, 0.15) is 88.0 Å². The molecule has 0 radical (unpaired) electrons. The molecule has 1 aliphatic carbocycles. The van der Waals surface area contributed by atoms with Gasteiger partial charge in [-0.2, -0.15) is 0 Å². The third-order valence-corrected chi connectivity index (χ3v) is 9.39. The van der Waals surface area contributed by atoms with E-state index in [1.807, 2.05) is 6.92 Å². The number of aliphatic hydroxyl groups excluding tert-OH is 6. The van der Waals surface area contributed by atoms with Crippen molar-refractivity contribution in [1.82, 2.24) is 16.0 Å². The molecule has 1 saturated carbocycles. The van der Waals surface area contributed by atoms with Gasteiger partial charge < -0.3 is 75.0 Å². The lowest BCUT2D eigenvalue weighted by Crippen LogP contribution is -2.74. The third-order valence-electron chi connectivity index (χ3n) is 9.39. The van der Waals surface area contributed by atoms with Crippen molar-refractivity contribution in [3.63, 3.8) is 0 Å². The van der Waals surface area contributed by atoms with Gasteiger partial charge in [0.15, 0.2) is 12.6 Å². The monoisotopic (exact) mass is 765 g/mol. The molecule has 2 saturated heterocycles. The quantitative estimate of drug-likeness (QED) is 0.124. The molecule has 2 heterocycles. The van der Waals surface area contributed by atoms with Gasteiger partial charge in [0, 0.05) is 18.4 Å². The van der Waals surface area contributed by atoms with E-state index >= 15 is 0 Å². The number of amides is 3. The molecule has 18 nitrogen and oxygen atoms in total. The van der Waals surface area contributed by atoms with Gasteiger partial charge in [0.05, 0.1) is 37.0 Å². The predicted molar refractivity (Wildman–Crippen MR) is 186 cm³/mol. The lowest BCUT2D eigenvalue weighted by atomic mass is 9.80. The fraction of sp³-hybridized carbons (Fsp3) is 0.914. The number of ether oxygens (including phenoxy) is 6. The molecule has 2 aliphatic heterocycles. The summed E-state index contributed by atoms with van der Waals surface area (Å²) in [4.78, 5) is 38.7. The van der Waals surface area contributed by atoms with Crippen LogP contribution in [-0.4, -0.2) is 153 Å². The third kappa shape index (κ3) is 12.6. The van der Waals surface area contributed by atoms with Crippen LogP contribution >= 0.6 is 0 Å². The lowest BCUT2D eigenvalue weighted by molar-refractivity contribution is -0.328. The van der Waals surface area contributed by atoms with E-state index in [2.05, 4.69) is 16.0 Å². The van der Waals surface area contributed by atoms with Crippen molar-refractivity contribution in [2.75, 3.05) is 13.2 Å². The maximum absolute atomic E-state index is 13.2. The zero-order valence-electron chi connectivity index (χ0n) is 32.3. The van der Waals surface area contributed by atoms with Crippen molar-refractivity contribution in [3.8, 4) is 0 Å². The smallest absolute Gasteiger partial charge is 0.408 e. The molecule has 3 aliphatic rings. The number of carbonyl (C=O) groups is 3. The molecule has 0 spiro atoms. The average molecular weight is 766 g/mol. The highest BCUT2D eigenvalue weighted by atomic mass is 16.7. The van der Waals surface area contributed by atoms with Gasteiger partial charge in [-0.1, -0.05) is 27.2 Å². The summed E-state index contributed by atoms with van der Waals surface area (Å²) in [6.45, 7) is 14.6. The van der Waals surface area contributed by atoms with Crippen LogP contribution in [0.4, 0.5) is 9.59 Å². The molecule has 3 rings (SSSR count). The fourth-order valence-corrected chi connectivity index (χ4v) is 6.50. The maximum atomic E-state index is 13.2. The summed E-state index contributed by atoms with van der Waals surface area (Å²) in [5.41, 5.74) is -1.68. The highest BCUT2D eigenvalue weighted by molar-refractivity contribution is 5.81. The van der Waals surface area contributed by atoms with Gasteiger partial charge in [0.1, 0.15) is 47.8 Å². The van der Waals surface area contributed by atoms with Crippen LogP contribution in [0.25, 0.3) is 0 Å². The Kier molecular flexibility index (Phi) is 16.1. The van der Waals surface area contributed by atoms with Crippen LogP contribution in [0.15, 0.2) is 0 Å². The van der Waals surface area contributed by atoms with Crippen LogP contribution in [0, 0.1) is 11.8 Å². The van der Waals surface area contributed by atoms with Gasteiger partial charge in [0.25, 0.3) is 0 Å². The van der Waals surface area contributed by atoms with Crippen LogP contribution < -0.4 is 16.0 Å². The summed E-state index contributed by atoms with van der Waals surface area (Å²) in [5, 5.41) is 73.7. The second kappa shape index (κ2) is 19.0. The zero-order chi connectivity index (χ0) is 40.0. The summed E-state index contributed by atoms with van der Waals surface area (Å²) in [6, 6.07) is -3.03. The van der Waals surface area contributed by atoms with Crippen molar-refractivity contribution in [3.05, 3.63) is 0 Å². The minimum atomic E-state index is -1.80. The van der Waals surface area contributed by atoms with Crippen molar-refractivity contribution >= 4 is 18.1 Å². The number of hydrogen-bond acceptors (Lipinski definition) is 15. The zero-order valence-corrected chi connectivity index (χ0v) is 32.3. The lowest BCUT2D eigenvalue weighted by Gasteiger charge is -2.51. The number of carbonyl (C=O) groups excluding carboxylic acids is 3. The van der Waals surface area contributed by atoms with Gasteiger partial charge in [-0.15, -0.1) is 0 Å². The van der Waals surface area contributed by atoms with Crippen molar-refractivity contribution in [1.29, 1.82) is 0 Å². The van der Waals surface area contributed by atoms with E-state index in [0.717, 1.165) is 0 Å². The second-order valence-electron chi connectivity index (χ2n) is 16.3. The summed E-state index contributed by atoms with van der Waals surface area (Å²) in [5.74, 6) is -2.05. The Hall–Kier alpha value is -2.39. The molecule has 0 aromatic heterocycles. The van der Waals surface area contributed by atoms with E-state index in [1.54, 1.807) is 48.5 Å². The number of hydrogen-bond donors (Lipinski definition) is 9. The standard InChI is InChI=1S/C35H63N3O15/c1-10-11-19(40)29(45)37-21-25(43)22(38-33(47)53-35(7,8)9)28(26(44)27(21)51-31-24(42)17(3)23(41)20(15-39)49-31)50-30-16(2)12-13-18(48-30)14-36-32(46)52-34(4,5)6/h16-28,30-31,39-44H,10-15H2,1-9H3,(H,36,46)(H,37,45)(H,38,47)/t16?,17-,18?,19-,20?,21+,22-,23-,24?,25?,26?,27-,28?,30+,31+/m0/s1. The Morgan fingerprint density at radius 3 is 1.91 bits per heavy atom. The maximum Gasteiger partial charge on any atom is 0.408 e. The molecule has 0 aromatic carbocycles. The molecule has 15 atom stereocenters. The van der Waals surface area contributed by atoms with Crippen molar-refractivity contribution in [2.45, 2.75) is 179 Å². The Balaban J connectivity index is 1.99. The summed E-state index contributed by atoms with van der Waals surface area (Å²) in [6.07, 6.45) is -15.3. The first-order valence-electron chi connectivity index (χ1n) is 18.5. The highest BCUT2D eigenvalue weighted by Gasteiger charge is 2.56. The van der Waals surface area contributed by atoms with Crippen LogP contribution in [0.5, 0.6) is 0 Å². The number of alkyl carbamates (subject to hydrolysis) is 2. The van der Waals surface area contributed by atoms with E-state index < -0.39 is 121 Å². The topological polar surface area (TPSA) is 264 Å². The van der Waals surface area contributed by atoms with E-state index in [0.29, 0.717) is 19.3 Å². The van der Waals surface area contributed by atoms with Gasteiger partial charge in [-0.25, -0.2) is 9.59 Å². The SMILES string of the molecule is CCC[C@H](O)C(=O)N[C@@H]1C(O)[C@H](NC(=O)OC(C)(C)C)C(O[C@H]2OC(CNC(=O)OC(C)(C)C)CCC2C)C(O)[C@H]1O[C@H]1OC(CO)[C@@H](O)[C@H](C)C1O. The normalized spacial score (nSPS) is 37.3. The van der Waals surface area contributed by atoms with Crippen LogP contribution in [0.2, 0.25) is 0 Å². The molecule has 7 unspecified atom stereocenters. The average Bonchev–Trinajstić information content (AvgIpc) is 3.05. The fourth-order valence-electron chi connectivity index (χ4n) is 6.50. The first-order chi connectivity index (χ1) is 24.6. The summed E-state index contributed by atoms with van der Waals surface area (Å²) in [7, 11) is 0. The molecule has 3 fully saturated rings. The van der Waals surface area contributed by atoms with Gasteiger partial charge in [-0.05, 0) is 60.8 Å². The predicted octanol–water partition coefficient (Wildman–Crippen LogP) is -0.228. The number of nitrogens with one attached hydrogen (secondary N) is 3. The molecule has 0 bridgehead atoms. The molecule has 3 amide bonds. The first-order valence-corrected chi connectivity index (χ1v) is 18.5. The Labute approximate surface area is 311 Å². The highest BCUT2D eigenvalue weighted by Crippen LogP contribution is 2.35. The number of aliphatic hydroxyl groups is 6. The van der Waals surface area contributed by atoms with Crippen molar-refractivity contribution < 1.29 is 73.4 Å². The minimum absolute atomic E-state index is 0.0732. The minimum Gasteiger partial charge on any atom is -0.444 e. The van der Waals surface area contributed by atoms with Crippen molar-refractivity contribution in [2.24, 2.45) is 11.8 Å². The molecule has 9 N–H and O–H groups in total. The van der Waals surface area contributed by atoms with E-state index in [-0.39, 0.29) is 18.9 Å². The summed E-state index contributed by atoms with van der Waals surface area (Å²) < 4.78 is 35.1. The second-order valence-corrected chi connectivity index (χ2v) is 16.3. The Morgan fingerprint density at radius 1 is 0.774 bits per heavy atom. The van der Waals surface area contributed by atoms with Crippen LogP contribution in [0.3, 0.4) is 0 Å². The van der Waals surface area contributed by atoms with E-state index in [1.165, 1.54) is 6.92 Å². The molecule has 53 heavy (non-hydrogen) atoms. The first kappa shape index (κ1) is 45.0. The molecular weight excluding hydrogens is 702 g/mol. The van der Waals surface area contributed by atoms with Gasteiger partial charge in [0.2, 0.25) is 5.91 Å². The Morgan fingerprint density at radius 2 is 1.34 bits per heavy atom. The van der Waals surface area contributed by atoms with E-state index in [4.69, 9.17) is 28.4 Å². The van der Waals surface area contributed by atoms with Gasteiger partial charge >= 0.3 is 12.2 Å². The van der Waals surface area contributed by atoms with Crippen LogP contribution in [-0.2, 0) is 33.2 Å². The number of rotatable bonds is 12. The Bertz CT molecular complexity index is 1200. The van der Waals surface area contributed by atoms with E-state index in [9.17, 15) is 45.0 Å². The van der Waals surface area contributed by atoms with Gasteiger partial charge in [-0.3, -0.25) is 4.79 Å². The molecule has 0 aromatic rings. The molecule has 308 valence electrons. The summed E-state index contributed by atoms with van der Waals surface area (Å²) >= 11 is 0.